The van der Waals surface area contributed by atoms with Gasteiger partial charge in [0, 0.05) is 30.2 Å². The van der Waals surface area contributed by atoms with Crippen LogP contribution in [0.1, 0.15) is 40.8 Å². The number of halogens is 1. The molecule has 2 aromatic carbocycles. The number of benzene rings is 2. The van der Waals surface area contributed by atoms with Gasteiger partial charge in [0.2, 0.25) is 0 Å². The average Bonchev–Trinajstić information content (AvgIpc) is 3.25. The fraction of sp³-hybridized carbons (Fsp3) is 0.375. The smallest absolute Gasteiger partial charge is 0.185 e. The Hall–Kier alpha value is -1.70. The molecule has 1 fully saturated rings. The van der Waals surface area contributed by atoms with Crippen LogP contribution in [0.4, 0.5) is 5.13 Å². The van der Waals surface area contributed by atoms with Crippen LogP contribution in [-0.4, -0.2) is 31.7 Å². The topological polar surface area (TPSA) is 50.3 Å². The van der Waals surface area contributed by atoms with Crippen molar-refractivity contribution in [3.8, 4) is 0 Å². The summed E-state index contributed by atoms with van der Waals surface area (Å²) in [5, 5.41) is 3.53. The Morgan fingerprint density at radius 3 is 2.48 bits per heavy atom. The molecule has 0 N–H and O–H groups in total. The highest BCUT2D eigenvalue weighted by Crippen LogP contribution is 2.30. The fourth-order valence-electron chi connectivity index (χ4n) is 4.04. The van der Waals surface area contributed by atoms with E-state index in [2.05, 4.69) is 58.3 Å². The molecule has 2 heterocycles. The quantitative estimate of drug-likeness (QED) is 0.393. The van der Waals surface area contributed by atoms with Gasteiger partial charge in [0.05, 0.1) is 15.8 Å². The van der Waals surface area contributed by atoms with Gasteiger partial charge in [-0.05, 0) is 61.1 Å². The predicted octanol–water partition coefficient (Wildman–Crippen LogP) is 5.69. The molecule has 4 rings (SSSR count). The molecule has 31 heavy (non-hydrogen) atoms. The summed E-state index contributed by atoms with van der Waals surface area (Å²) in [5.41, 5.74) is 6.10. The maximum Gasteiger partial charge on any atom is 0.185 e. The molecule has 0 unspecified atom stereocenters. The molecule has 1 aromatic heterocycles. The third-order valence-electron chi connectivity index (χ3n) is 6.19. The van der Waals surface area contributed by atoms with Crippen molar-refractivity contribution in [2.75, 3.05) is 18.0 Å². The van der Waals surface area contributed by atoms with E-state index in [4.69, 9.17) is 4.98 Å². The lowest BCUT2D eigenvalue weighted by molar-refractivity contribution is 0.529. The van der Waals surface area contributed by atoms with E-state index >= 15 is 0 Å². The van der Waals surface area contributed by atoms with Crippen LogP contribution in [-0.2, 0) is 21.6 Å². The molecule has 0 amide bonds. The van der Waals surface area contributed by atoms with E-state index < -0.39 is 9.84 Å². The molecule has 1 aliphatic rings. The summed E-state index contributed by atoms with van der Waals surface area (Å²) < 4.78 is 26.1. The highest BCUT2D eigenvalue weighted by atomic mass is 79.9. The molecule has 1 aliphatic heterocycles. The SMILES string of the molecule is Cc1cccc(Cc2csc(N3CCC(S(=O)(=O)c4ccc(CBr)cc4)CC3)n2)c1C. The minimum Gasteiger partial charge on any atom is -0.348 e. The number of aryl methyl sites for hydroxylation is 1. The molecule has 0 spiro atoms. The number of rotatable bonds is 6. The van der Waals surface area contributed by atoms with Crippen molar-refractivity contribution in [3.05, 3.63) is 75.8 Å². The zero-order valence-corrected chi connectivity index (χ0v) is 21.1. The minimum absolute atomic E-state index is 0.326. The van der Waals surface area contributed by atoms with Crippen molar-refractivity contribution in [2.24, 2.45) is 0 Å². The summed E-state index contributed by atoms with van der Waals surface area (Å²) in [7, 11) is -3.30. The lowest BCUT2D eigenvalue weighted by atomic mass is 10.0. The first kappa shape index (κ1) is 22.5. The molecular weight excluding hydrogens is 492 g/mol. The van der Waals surface area contributed by atoms with Gasteiger partial charge in [0.15, 0.2) is 15.0 Å². The number of sulfone groups is 1. The van der Waals surface area contributed by atoms with Gasteiger partial charge in [0.1, 0.15) is 0 Å². The lowest BCUT2D eigenvalue weighted by Crippen LogP contribution is -2.39. The van der Waals surface area contributed by atoms with Crippen LogP contribution in [0.2, 0.25) is 0 Å². The van der Waals surface area contributed by atoms with Crippen LogP contribution in [0, 0.1) is 13.8 Å². The number of alkyl halides is 1. The normalized spacial score (nSPS) is 15.4. The van der Waals surface area contributed by atoms with E-state index in [1.165, 1.54) is 16.7 Å². The van der Waals surface area contributed by atoms with E-state index in [-0.39, 0.29) is 5.25 Å². The molecule has 0 aliphatic carbocycles. The van der Waals surface area contributed by atoms with Crippen LogP contribution in [0.3, 0.4) is 0 Å². The summed E-state index contributed by atoms with van der Waals surface area (Å²) >= 11 is 5.06. The van der Waals surface area contributed by atoms with Crippen molar-refractivity contribution < 1.29 is 8.42 Å². The van der Waals surface area contributed by atoms with Crippen molar-refractivity contribution in [2.45, 2.75) is 48.6 Å². The van der Waals surface area contributed by atoms with Crippen LogP contribution in [0.5, 0.6) is 0 Å². The molecule has 0 saturated carbocycles. The van der Waals surface area contributed by atoms with E-state index in [0.29, 0.717) is 17.7 Å². The van der Waals surface area contributed by atoms with Gasteiger partial charge in [-0.25, -0.2) is 13.4 Å². The molecule has 164 valence electrons. The van der Waals surface area contributed by atoms with E-state index in [1.807, 2.05) is 12.1 Å². The van der Waals surface area contributed by atoms with E-state index in [0.717, 1.165) is 41.2 Å². The number of nitrogens with zero attached hydrogens (tertiary/aromatic N) is 2. The van der Waals surface area contributed by atoms with Gasteiger partial charge in [0.25, 0.3) is 0 Å². The van der Waals surface area contributed by atoms with Gasteiger partial charge in [-0.1, -0.05) is 46.3 Å². The monoisotopic (exact) mass is 518 g/mol. The third-order valence-corrected chi connectivity index (χ3v) is 10.1. The van der Waals surface area contributed by atoms with Crippen molar-refractivity contribution >= 4 is 42.2 Å². The Balaban J connectivity index is 1.40. The van der Waals surface area contributed by atoms with Crippen molar-refractivity contribution in [1.82, 2.24) is 4.98 Å². The number of hydrogen-bond donors (Lipinski definition) is 0. The van der Waals surface area contributed by atoms with E-state index in [1.54, 1.807) is 23.5 Å². The van der Waals surface area contributed by atoms with Gasteiger partial charge in [-0.2, -0.15) is 0 Å². The van der Waals surface area contributed by atoms with Crippen LogP contribution in [0.25, 0.3) is 0 Å². The molecular formula is C24H27BrN2O2S2. The Bertz CT molecular complexity index is 1150. The third kappa shape index (κ3) is 4.89. The Labute approximate surface area is 197 Å². The van der Waals surface area contributed by atoms with Gasteiger partial charge in [-0.15, -0.1) is 11.3 Å². The van der Waals surface area contributed by atoms with Gasteiger partial charge in [-0.3, -0.25) is 0 Å². The Morgan fingerprint density at radius 2 is 1.81 bits per heavy atom. The van der Waals surface area contributed by atoms with Crippen molar-refractivity contribution in [3.63, 3.8) is 0 Å². The van der Waals surface area contributed by atoms with Gasteiger partial charge < -0.3 is 4.90 Å². The molecule has 0 radical (unpaired) electrons. The van der Waals surface area contributed by atoms with Gasteiger partial charge >= 0.3 is 0 Å². The summed E-state index contributed by atoms with van der Waals surface area (Å²) in [4.78, 5) is 7.52. The molecule has 0 atom stereocenters. The first-order valence-corrected chi connectivity index (χ1v) is 14.1. The highest BCUT2D eigenvalue weighted by molar-refractivity contribution is 9.08. The summed E-state index contributed by atoms with van der Waals surface area (Å²) in [6.07, 6.45) is 2.10. The Kier molecular flexibility index (Phi) is 6.84. The second kappa shape index (κ2) is 9.43. The standard InChI is InChI=1S/C24H27BrN2O2S2/c1-17-4-3-5-20(18(17)2)14-21-16-30-24(26-21)27-12-10-23(11-13-27)31(28,29)22-8-6-19(15-25)7-9-22/h3-9,16,23H,10-15H2,1-2H3. The number of hydrogen-bond acceptors (Lipinski definition) is 5. The lowest BCUT2D eigenvalue weighted by Gasteiger charge is -2.31. The first-order chi connectivity index (χ1) is 14.9. The second-order valence-electron chi connectivity index (χ2n) is 8.17. The maximum absolute atomic E-state index is 13.1. The second-order valence-corrected chi connectivity index (χ2v) is 11.8. The van der Waals surface area contributed by atoms with Crippen molar-refractivity contribution in [1.29, 1.82) is 0 Å². The predicted molar refractivity (Wildman–Crippen MR) is 132 cm³/mol. The summed E-state index contributed by atoms with van der Waals surface area (Å²) in [6.45, 7) is 5.75. The molecule has 4 nitrogen and oxygen atoms in total. The summed E-state index contributed by atoms with van der Waals surface area (Å²) in [5.74, 6) is 0. The minimum atomic E-state index is -3.30. The zero-order valence-electron chi connectivity index (χ0n) is 17.8. The summed E-state index contributed by atoms with van der Waals surface area (Å²) in [6, 6.07) is 13.6. The Morgan fingerprint density at radius 1 is 1.10 bits per heavy atom. The van der Waals surface area contributed by atoms with Crippen LogP contribution >= 0.6 is 27.3 Å². The first-order valence-electron chi connectivity index (χ1n) is 10.5. The zero-order chi connectivity index (χ0) is 22.0. The average molecular weight is 520 g/mol. The molecule has 3 aromatic rings. The largest absolute Gasteiger partial charge is 0.348 e. The number of aromatic nitrogens is 1. The number of anilines is 1. The number of piperidine rings is 1. The van der Waals surface area contributed by atoms with Crippen LogP contribution in [0.15, 0.2) is 52.7 Å². The maximum atomic E-state index is 13.1. The molecule has 7 heteroatoms. The van der Waals surface area contributed by atoms with E-state index in [9.17, 15) is 8.42 Å². The molecule has 0 bridgehead atoms. The fourth-order valence-corrected chi connectivity index (χ4v) is 7.02. The molecule has 1 saturated heterocycles. The van der Waals surface area contributed by atoms with Crippen LogP contribution < -0.4 is 4.90 Å². The highest BCUT2D eigenvalue weighted by Gasteiger charge is 2.32. The number of thiazole rings is 1.